The van der Waals surface area contributed by atoms with Gasteiger partial charge >= 0.3 is 0 Å². The van der Waals surface area contributed by atoms with Crippen molar-refractivity contribution in [2.24, 2.45) is 17.8 Å². The van der Waals surface area contributed by atoms with E-state index in [0.717, 1.165) is 42.9 Å². The number of carbonyl (C=O) groups is 1. The van der Waals surface area contributed by atoms with Crippen LogP contribution in [0.15, 0.2) is 30.6 Å². The fourth-order valence-corrected chi connectivity index (χ4v) is 5.07. The minimum Gasteiger partial charge on any atom is -0.493 e. The average molecular weight is 485 g/mol. The maximum absolute atomic E-state index is 14.5. The topological polar surface area (TPSA) is 87.6 Å². The lowest BCUT2D eigenvalue weighted by molar-refractivity contribution is -0.121. The summed E-state index contributed by atoms with van der Waals surface area (Å²) < 4.78 is 20.3. The molecule has 2 N–H and O–H groups in total. The molecule has 2 aromatic rings. The van der Waals surface area contributed by atoms with E-state index in [1.54, 1.807) is 12.1 Å². The summed E-state index contributed by atoms with van der Waals surface area (Å²) >= 11 is 0. The Morgan fingerprint density at radius 2 is 2.03 bits per heavy atom. The highest BCUT2D eigenvalue weighted by Gasteiger charge is 2.43. The second-order valence-electron chi connectivity index (χ2n) is 9.97. The highest BCUT2D eigenvalue weighted by atomic mass is 19.1. The fraction of sp³-hybridized carbons (Fsp3) is 0.593. The minimum atomic E-state index is -0.441. The number of hydrogen-bond acceptors (Lipinski definition) is 6. The number of aryl methyl sites for hydroxylation is 1. The second-order valence-corrected chi connectivity index (χ2v) is 9.97. The summed E-state index contributed by atoms with van der Waals surface area (Å²) in [5, 5.41) is 11.9. The van der Waals surface area contributed by atoms with Gasteiger partial charge in [0.25, 0.3) is 0 Å². The molecule has 190 valence electrons. The number of rotatable bonds is 11. The Morgan fingerprint density at radius 1 is 1.29 bits per heavy atom. The van der Waals surface area contributed by atoms with Crippen molar-refractivity contribution in [1.29, 1.82) is 0 Å². The second kappa shape index (κ2) is 11.8. The number of ether oxygens (including phenoxy) is 1. The number of carbonyl (C=O) groups excluding carboxylic acids is 1. The van der Waals surface area contributed by atoms with E-state index in [2.05, 4.69) is 20.2 Å². The van der Waals surface area contributed by atoms with Crippen LogP contribution in [0.3, 0.4) is 0 Å². The van der Waals surface area contributed by atoms with Gasteiger partial charge in [-0.2, -0.15) is 0 Å². The molecule has 2 fully saturated rings. The van der Waals surface area contributed by atoms with Gasteiger partial charge in [-0.25, -0.2) is 14.4 Å². The lowest BCUT2D eigenvalue weighted by atomic mass is 9.90. The van der Waals surface area contributed by atoms with E-state index in [9.17, 15) is 14.3 Å². The van der Waals surface area contributed by atoms with Gasteiger partial charge in [0.05, 0.1) is 25.7 Å². The van der Waals surface area contributed by atoms with Crippen molar-refractivity contribution in [3.05, 3.63) is 47.5 Å². The van der Waals surface area contributed by atoms with E-state index in [0.29, 0.717) is 30.3 Å². The molecule has 7 nitrogen and oxygen atoms in total. The summed E-state index contributed by atoms with van der Waals surface area (Å²) in [6.07, 6.45) is 8.92. The molecule has 0 bridgehead atoms. The maximum Gasteiger partial charge on any atom is 0.225 e. The van der Waals surface area contributed by atoms with Crippen LogP contribution in [0.1, 0.15) is 50.2 Å². The van der Waals surface area contributed by atoms with Gasteiger partial charge in [0, 0.05) is 31.5 Å². The van der Waals surface area contributed by atoms with Crippen LogP contribution in [0, 0.1) is 30.5 Å². The summed E-state index contributed by atoms with van der Waals surface area (Å²) in [5.74, 6) is 2.80. The van der Waals surface area contributed by atoms with E-state index in [-0.39, 0.29) is 25.0 Å². The number of anilines is 1. The number of nitrogens with one attached hydrogen (secondary N) is 1. The van der Waals surface area contributed by atoms with Gasteiger partial charge in [-0.05, 0) is 74.0 Å². The number of halogens is 1. The van der Waals surface area contributed by atoms with Crippen LogP contribution in [0.5, 0.6) is 5.75 Å². The van der Waals surface area contributed by atoms with Crippen LogP contribution in [0.25, 0.3) is 0 Å². The average Bonchev–Trinajstić information content (AvgIpc) is 3.64. The third-order valence-corrected chi connectivity index (χ3v) is 7.38. The summed E-state index contributed by atoms with van der Waals surface area (Å²) in [5.41, 5.74) is 1.41. The van der Waals surface area contributed by atoms with Gasteiger partial charge < -0.3 is 20.1 Å². The number of aliphatic hydroxyl groups excluding tert-OH is 1. The molecule has 8 heteroatoms. The van der Waals surface area contributed by atoms with Gasteiger partial charge in [-0.3, -0.25) is 4.79 Å². The molecule has 0 radical (unpaired) electrons. The Balaban J connectivity index is 1.16. The molecule has 0 spiro atoms. The molecule has 1 aliphatic heterocycles. The highest BCUT2D eigenvalue weighted by Crippen LogP contribution is 2.49. The molecule has 1 amide bonds. The van der Waals surface area contributed by atoms with E-state index >= 15 is 0 Å². The largest absolute Gasteiger partial charge is 0.493 e. The van der Waals surface area contributed by atoms with Gasteiger partial charge in [-0.1, -0.05) is 13.0 Å². The van der Waals surface area contributed by atoms with Crippen molar-refractivity contribution in [2.75, 3.05) is 31.2 Å². The Morgan fingerprint density at radius 3 is 2.69 bits per heavy atom. The number of hydrogen-bond donors (Lipinski definition) is 2. The Kier molecular flexibility index (Phi) is 8.55. The van der Waals surface area contributed by atoms with Crippen LogP contribution in [-0.2, 0) is 11.2 Å². The smallest absolute Gasteiger partial charge is 0.225 e. The molecule has 1 aromatic heterocycles. The first kappa shape index (κ1) is 25.4. The number of piperidine rings is 1. The Bertz CT molecular complexity index is 975. The highest BCUT2D eigenvalue weighted by molar-refractivity contribution is 5.79. The van der Waals surface area contributed by atoms with Gasteiger partial charge in [0.1, 0.15) is 11.6 Å². The van der Waals surface area contributed by atoms with Crippen LogP contribution >= 0.6 is 0 Å². The molecule has 1 saturated carbocycles. The van der Waals surface area contributed by atoms with Crippen LogP contribution in [0.2, 0.25) is 0 Å². The zero-order chi connectivity index (χ0) is 24.8. The predicted octanol–water partition coefficient (Wildman–Crippen LogP) is 3.68. The zero-order valence-corrected chi connectivity index (χ0v) is 20.8. The fourth-order valence-electron chi connectivity index (χ4n) is 5.07. The van der Waals surface area contributed by atoms with Crippen molar-refractivity contribution in [3.63, 3.8) is 0 Å². The van der Waals surface area contributed by atoms with Crippen LogP contribution in [-0.4, -0.2) is 53.3 Å². The molecule has 1 aromatic carbocycles. The summed E-state index contributed by atoms with van der Waals surface area (Å²) in [6, 6.07) is 4.39. The van der Waals surface area contributed by atoms with E-state index in [1.807, 2.05) is 26.2 Å². The number of amides is 1. The minimum absolute atomic E-state index is 0.0543. The molecule has 1 unspecified atom stereocenters. The Hall–Kier alpha value is -2.74. The van der Waals surface area contributed by atoms with Crippen molar-refractivity contribution < 1.29 is 19.0 Å². The summed E-state index contributed by atoms with van der Waals surface area (Å²) in [6.45, 7) is 6.35. The molecule has 1 aliphatic carbocycles. The number of nitrogens with zero attached hydrogens (tertiary/aromatic N) is 3. The molecular weight excluding hydrogens is 447 g/mol. The van der Waals surface area contributed by atoms with E-state index in [4.69, 9.17) is 4.74 Å². The first-order valence-corrected chi connectivity index (χ1v) is 12.8. The summed E-state index contributed by atoms with van der Waals surface area (Å²) in [4.78, 5) is 23.3. The standard InChI is InChI=1S/C27H37FN4O3/c1-3-22(17-33)31-26(34)13-21-4-5-23(14-25(21)28)35-11-8-20-12-24(20)19-6-9-32(10-7-19)27-29-15-18(2)16-30-27/h4-5,14-16,19-20,22,24,33H,3,6-13,17H2,1-2H3,(H,31,34)/t20-,22?,24-/m1/s1. The van der Waals surface area contributed by atoms with Gasteiger partial charge in [0.2, 0.25) is 11.9 Å². The first-order valence-electron chi connectivity index (χ1n) is 12.8. The zero-order valence-electron chi connectivity index (χ0n) is 20.8. The monoisotopic (exact) mass is 484 g/mol. The van der Waals surface area contributed by atoms with Crippen molar-refractivity contribution >= 4 is 11.9 Å². The first-order chi connectivity index (χ1) is 17.0. The van der Waals surface area contributed by atoms with E-state index < -0.39 is 5.82 Å². The lowest BCUT2D eigenvalue weighted by Crippen LogP contribution is -2.37. The molecule has 2 heterocycles. The molecule has 3 atom stereocenters. The third-order valence-electron chi connectivity index (χ3n) is 7.38. The summed E-state index contributed by atoms with van der Waals surface area (Å²) in [7, 11) is 0. The normalized spacial score (nSPS) is 21.0. The molecule has 35 heavy (non-hydrogen) atoms. The van der Waals surface area contributed by atoms with Crippen molar-refractivity contribution in [3.8, 4) is 5.75 Å². The van der Waals surface area contributed by atoms with Gasteiger partial charge in [-0.15, -0.1) is 0 Å². The SMILES string of the molecule is CCC(CO)NC(=O)Cc1ccc(OCC[C@@H]2C[C@@H]2C2CCN(c3ncc(C)cn3)CC2)cc1F. The van der Waals surface area contributed by atoms with Crippen LogP contribution in [0.4, 0.5) is 10.3 Å². The number of benzene rings is 1. The number of aliphatic hydroxyl groups is 1. The maximum atomic E-state index is 14.5. The van der Waals surface area contributed by atoms with Gasteiger partial charge in [0.15, 0.2) is 0 Å². The molecule has 4 rings (SSSR count). The van der Waals surface area contributed by atoms with Crippen LogP contribution < -0.4 is 15.0 Å². The van der Waals surface area contributed by atoms with Crippen molar-refractivity contribution in [2.45, 2.75) is 58.4 Å². The molecular formula is C27H37FN4O3. The lowest BCUT2D eigenvalue weighted by Gasteiger charge is -2.32. The molecule has 1 saturated heterocycles. The third kappa shape index (κ3) is 6.90. The molecule has 2 aliphatic rings. The van der Waals surface area contributed by atoms with Crippen molar-refractivity contribution in [1.82, 2.24) is 15.3 Å². The number of aromatic nitrogens is 2. The quantitative estimate of drug-likeness (QED) is 0.506. The van der Waals surface area contributed by atoms with E-state index in [1.165, 1.54) is 25.3 Å². The Labute approximate surface area is 207 Å². The predicted molar refractivity (Wildman–Crippen MR) is 133 cm³/mol.